The standard InChI is InChI=1S/C15H22FN3O2/c1-15(21)5-2-7-19(8-6-15)10-14(20)18-13-9-11(17)3-4-12(13)16/h3-4,9,21H,2,5-8,10,17H2,1H3,(H,18,20). The van der Waals surface area contributed by atoms with E-state index in [0.717, 1.165) is 19.4 Å². The van der Waals surface area contributed by atoms with Crippen LogP contribution in [0.4, 0.5) is 15.8 Å². The number of carbonyl (C=O) groups is 1. The molecule has 1 heterocycles. The van der Waals surface area contributed by atoms with Crippen molar-refractivity contribution in [2.45, 2.75) is 31.8 Å². The Balaban J connectivity index is 1.91. The monoisotopic (exact) mass is 295 g/mol. The average molecular weight is 295 g/mol. The molecule has 6 heteroatoms. The minimum absolute atomic E-state index is 0.0989. The quantitative estimate of drug-likeness (QED) is 0.740. The van der Waals surface area contributed by atoms with E-state index in [9.17, 15) is 14.3 Å². The van der Waals surface area contributed by atoms with Gasteiger partial charge in [0.2, 0.25) is 5.91 Å². The number of aliphatic hydroxyl groups is 1. The second-order valence-electron chi connectivity index (χ2n) is 5.91. The molecule has 116 valence electrons. The minimum Gasteiger partial charge on any atom is -0.399 e. The fraction of sp³-hybridized carbons (Fsp3) is 0.533. The van der Waals surface area contributed by atoms with Crippen LogP contribution in [0, 0.1) is 5.82 Å². The summed E-state index contributed by atoms with van der Waals surface area (Å²) in [6.07, 6.45) is 2.20. The predicted molar refractivity (Wildman–Crippen MR) is 80.4 cm³/mol. The number of amides is 1. The van der Waals surface area contributed by atoms with Crippen molar-refractivity contribution < 1.29 is 14.3 Å². The fourth-order valence-corrected chi connectivity index (χ4v) is 2.51. The van der Waals surface area contributed by atoms with E-state index >= 15 is 0 Å². The Morgan fingerprint density at radius 2 is 2.24 bits per heavy atom. The van der Waals surface area contributed by atoms with E-state index in [4.69, 9.17) is 5.73 Å². The van der Waals surface area contributed by atoms with Crippen molar-refractivity contribution in [2.24, 2.45) is 0 Å². The number of nitrogens with one attached hydrogen (secondary N) is 1. The van der Waals surface area contributed by atoms with E-state index in [-0.39, 0.29) is 18.1 Å². The van der Waals surface area contributed by atoms with Gasteiger partial charge in [-0.3, -0.25) is 9.69 Å². The SMILES string of the molecule is CC1(O)CCCN(CC(=O)Nc2cc(N)ccc2F)CC1. The number of hydrogen-bond acceptors (Lipinski definition) is 4. The second-order valence-corrected chi connectivity index (χ2v) is 5.91. The number of carbonyl (C=O) groups excluding carboxylic acids is 1. The van der Waals surface area contributed by atoms with Crippen molar-refractivity contribution in [3.8, 4) is 0 Å². The summed E-state index contributed by atoms with van der Waals surface area (Å²) in [5.74, 6) is -0.780. The number of rotatable bonds is 3. The molecule has 1 aliphatic rings. The maximum atomic E-state index is 13.6. The Bertz CT molecular complexity index is 520. The third-order valence-electron chi connectivity index (χ3n) is 3.79. The zero-order chi connectivity index (χ0) is 15.5. The Kier molecular flexibility index (Phi) is 4.80. The molecule has 1 saturated heterocycles. The van der Waals surface area contributed by atoms with Crippen LogP contribution in [0.5, 0.6) is 0 Å². The number of nitrogen functional groups attached to an aromatic ring is 1. The summed E-state index contributed by atoms with van der Waals surface area (Å²) >= 11 is 0. The molecule has 5 nitrogen and oxygen atoms in total. The van der Waals surface area contributed by atoms with Crippen LogP contribution in [0.25, 0.3) is 0 Å². The largest absolute Gasteiger partial charge is 0.399 e. The van der Waals surface area contributed by atoms with Crippen LogP contribution in [0.15, 0.2) is 18.2 Å². The van der Waals surface area contributed by atoms with E-state index in [2.05, 4.69) is 5.32 Å². The van der Waals surface area contributed by atoms with Crippen molar-refractivity contribution in [1.29, 1.82) is 0 Å². The second kappa shape index (κ2) is 6.41. The van der Waals surface area contributed by atoms with Crippen molar-refractivity contribution in [1.82, 2.24) is 4.90 Å². The first-order chi connectivity index (χ1) is 9.85. The highest BCUT2D eigenvalue weighted by Gasteiger charge is 2.25. The van der Waals surface area contributed by atoms with Gasteiger partial charge in [-0.2, -0.15) is 0 Å². The molecule has 21 heavy (non-hydrogen) atoms. The number of nitrogens with two attached hydrogens (primary N) is 1. The average Bonchev–Trinajstić information content (AvgIpc) is 2.55. The number of halogens is 1. The molecule has 1 aliphatic heterocycles. The first kappa shape index (κ1) is 15.7. The van der Waals surface area contributed by atoms with E-state index < -0.39 is 11.4 Å². The lowest BCUT2D eigenvalue weighted by Gasteiger charge is -2.22. The molecular formula is C15H22FN3O2. The van der Waals surface area contributed by atoms with Crippen molar-refractivity contribution >= 4 is 17.3 Å². The number of anilines is 2. The molecule has 0 saturated carbocycles. The molecule has 0 bridgehead atoms. The van der Waals surface area contributed by atoms with Crippen LogP contribution in [0.1, 0.15) is 26.2 Å². The van der Waals surface area contributed by atoms with Gasteiger partial charge in [-0.05, 0) is 50.9 Å². The summed E-state index contributed by atoms with van der Waals surface area (Å²) in [4.78, 5) is 14.0. The summed E-state index contributed by atoms with van der Waals surface area (Å²) in [7, 11) is 0. The topological polar surface area (TPSA) is 78.6 Å². The summed E-state index contributed by atoms with van der Waals surface area (Å²) in [5, 5.41) is 12.6. The normalized spacial score (nSPS) is 23.6. The van der Waals surface area contributed by atoms with Crippen LogP contribution >= 0.6 is 0 Å². The molecule has 0 aromatic heterocycles. The highest BCUT2D eigenvalue weighted by atomic mass is 19.1. The van der Waals surface area contributed by atoms with E-state index in [1.807, 2.05) is 11.8 Å². The maximum Gasteiger partial charge on any atom is 0.238 e. The predicted octanol–water partition coefficient (Wildman–Crippen LogP) is 1.58. The molecule has 1 aromatic carbocycles. The van der Waals surface area contributed by atoms with E-state index in [1.54, 1.807) is 0 Å². The summed E-state index contributed by atoms with van der Waals surface area (Å²) < 4.78 is 13.6. The Morgan fingerprint density at radius 1 is 1.48 bits per heavy atom. The highest BCUT2D eigenvalue weighted by molar-refractivity contribution is 5.92. The molecule has 1 fully saturated rings. The number of nitrogens with zero attached hydrogens (tertiary/aromatic N) is 1. The number of likely N-dealkylation sites (tertiary alicyclic amines) is 1. The summed E-state index contributed by atoms with van der Waals surface area (Å²) in [6, 6.07) is 4.08. The lowest BCUT2D eigenvalue weighted by molar-refractivity contribution is -0.117. The fourth-order valence-electron chi connectivity index (χ4n) is 2.51. The molecule has 0 aliphatic carbocycles. The van der Waals surface area contributed by atoms with Gasteiger partial charge in [0.25, 0.3) is 0 Å². The first-order valence-electron chi connectivity index (χ1n) is 7.15. The van der Waals surface area contributed by atoms with Crippen molar-refractivity contribution in [3.05, 3.63) is 24.0 Å². The van der Waals surface area contributed by atoms with Gasteiger partial charge < -0.3 is 16.2 Å². The van der Waals surface area contributed by atoms with Gasteiger partial charge >= 0.3 is 0 Å². The smallest absolute Gasteiger partial charge is 0.238 e. The van der Waals surface area contributed by atoms with Crippen molar-refractivity contribution in [3.63, 3.8) is 0 Å². The van der Waals surface area contributed by atoms with Crippen LogP contribution in [-0.4, -0.2) is 41.1 Å². The van der Waals surface area contributed by atoms with Gasteiger partial charge in [0.15, 0.2) is 0 Å². The van der Waals surface area contributed by atoms with Gasteiger partial charge in [0, 0.05) is 12.2 Å². The molecule has 1 unspecified atom stereocenters. The maximum absolute atomic E-state index is 13.6. The van der Waals surface area contributed by atoms with Crippen molar-refractivity contribution in [2.75, 3.05) is 30.7 Å². The Labute approximate surface area is 123 Å². The first-order valence-corrected chi connectivity index (χ1v) is 7.15. The van der Waals surface area contributed by atoms with Gasteiger partial charge in [0.05, 0.1) is 17.8 Å². The molecule has 0 spiro atoms. The van der Waals surface area contributed by atoms with Crippen LogP contribution in [0.2, 0.25) is 0 Å². The number of hydrogen-bond donors (Lipinski definition) is 3. The molecular weight excluding hydrogens is 273 g/mol. The van der Waals surface area contributed by atoms with Gasteiger partial charge in [-0.1, -0.05) is 0 Å². The zero-order valence-electron chi connectivity index (χ0n) is 12.2. The molecule has 1 amide bonds. The molecule has 4 N–H and O–H groups in total. The van der Waals surface area contributed by atoms with Gasteiger partial charge in [0.1, 0.15) is 5.82 Å². The molecule has 0 radical (unpaired) electrons. The zero-order valence-corrected chi connectivity index (χ0v) is 12.2. The van der Waals surface area contributed by atoms with Crippen LogP contribution in [-0.2, 0) is 4.79 Å². The highest BCUT2D eigenvalue weighted by Crippen LogP contribution is 2.21. The van der Waals surface area contributed by atoms with E-state index in [1.165, 1.54) is 18.2 Å². The summed E-state index contributed by atoms with van der Waals surface area (Å²) in [5.41, 5.74) is 5.42. The molecule has 2 rings (SSSR count). The Morgan fingerprint density at radius 3 is 3.00 bits per heavy atom. The van der Waals surface area contributed by atoms with Gasteiger partial charge in [-0.15, -0.1) is 0 Å². The van der Waals surface area contributed by atoms with E-state index in [0.29, 0.717) is 18.7 Å². The minimum atomic E-state index is -0.661. The third-order valence-corrected chi connectivity index (χ3v) is 3.79. The molecule has 1 aromatic rings. The molecule has 1 atom stereocenters. The Hall–Kier alpha value is -1.66. The summed E-state index contributed by atoms with van der Waals surface area (Å²) in [6.45, 7) is 3.41. The van der Waals surface area contributed by atoms with Gasteiger partial charge in [-0.25, -0.2) is 4.39 Å². The lowest BCUT2D eigenvalue weighted by Crippen LogP contribution is -2.35. The third kappa shape index (κ3) is 4.68. The lowest BCUT2D eigenvalue weighted by atomic mass is 9.98. The number of benzene rings is 1. The van der Waals surface area contributed by atoms with Crippen LogP contribution in [0.3, 0.4) is 0 Å². The van der Waals surface area contributed by atoms with Crippen LogP contribution < -0.4 is 11.1 Å².